The van der Waals surface area contributed by atoms with Gasteiger partial charge < -0.3 is 9.64 Å². The maximum Gasteiger partial charge on any atom is 0.307 e. The molecule has 0 aromatic carbocycles. The SMILES string of the molecule is COC(=O)CC1CCCCN1C(=O)C1CC=CCC1. The fourth-order valence-electron chi connectivity index (χ4n) is 3.03. The van der Waals surface area contributed by atoms with Crippen molar-refractivity contribution < 1.29 is 14.3 Å². The van der Waals surface area contributed by atoms with Crippen molar-refractivity contribution in [3.63, 3.8) is 0 Å². The van der Waals surface area contributed by atoms with E-state index in [9.17, 15) is 9.59 Å². The third-order valence-electron chi connectivity index (χ3n) is 4.16. The predicted molar refractivity (Wildman–Crippen MR) is 72.5 cm³/mol. The van der Waals surface area contributed by atoms with Gasteiger partial charge in [-0.1, -0.05) is 12.2 Å². The van der Waals surface area contributed by atoms with Gasteiger partial charge in [-0.25, -0.2) is 0 Å². The number of carbonyl (C=O) groups excluding carboxylic acids is 2. The molecular weight excluding hydrogens is 242 g/mol. The molecule has 19 heavy (non-hydrogen) atoms. The minimum absolute atomic E-state index is 0.0413. The monoisotopic (exact) mass is 265 g/mol. The average Bonchev–Trinajstić information content (AvgIpc) is 2.48. The smallest absolute Gasteiger partial charge is 0.307 e. The fraction of sp³-hybridized carbons (Fsp3) is 0.733. The van der Waals surface area contributed by atoms with Crippen molar-refractivity contribution in [1.82, 2.24) is 4.90 Å². The van der Waals surface area contributed by atoms with E-state index in [1.807, 2.05) is 4.90 Å². The van der Waals surface area contributed by atoms with Crippen LogP contribution in [0.15, 0.2) is 12.2 Å². The van der Waals surface area contributed by atoms with Crippen molar-refractivity contribution in [2.75, 3.05) is 13.7 Å². The molecule has 0 N–H and O–H groups in total. The van der Waals surface area contributed by atoms with Gasteiger partial charge in [0.2, 0.25) is 5.91 Å². The van der Waals surface area contributed by atoms with Crippen LogP contribution in [0.3, 0.4) is 0 Å². The van der Waals surface area contributed by atoms with Gasteiger partial charge in [-0.2, -0.15) is 0 Å². The number of hydrogen-bond acceptors (Lipinski definition) is 3. The highest BCUT2D eigenvalue weighted by molar-refractivity contribution is 5.80. The summed E-state index contributed by atoms with van der Waals surface area (Å²) in [5, 5.41) is 0. The van der Waals surface area contributed by atoms with Gasteiger partial charge in [-0.05, 0) is 38.5 Å². The lowest BCUT2D eigenvalue weighted by Gasteiger charge is -2.37. The Hall–Kier alpha value is -1.32. The molecule has 1 heterocycles. The maximum absolute atomic E-state index is 12.6. The van der Waals surface area contributed by atoms with Gasteiger partial charge in [0.25, 0.3) is 0 Å². The number of methoxy groups -OCH3 is 1. The summed E-state index contributed by atoms with van der Waals surface area (Å²) < 4.78 is 4.74. The van der Waals surface area contributed by atoms with Crippen LogP contribution in [-0.2, 0) is 14.3 Å². The van der Waals surface area contributed by atoms with Gasteiger partial charge >= 0.3 is 5.97 Å². The van der Waals surface area contributed by atoms with Crippen LogP contribution in [0, 0.1) is 5.92 Å². The molecule has 2 atom stereocenters. The zero-order valence-corrected chi connectivity index (χ0v) is 11.6. The zero-order chi connectivity index (χ0) is 13.7. The Morgan fingerprint density at radius 2 is 2.11 bits per heavy atom. The fourth-order valence-corrected chi connectivity index (χ4v) is 3.03. The zero-order valence-electron chi connectivity index (χ0n) is 11.6. The first-order chi connectivity index (χ1) is 9.22. The molecule has 0 bridgehead atoms. The maximum atomic E-state index is 12.6. The Balaban J connectivity index is 1.99. The summed E-state index contributed by atoms with van der Waals surface area (Å²) in [6.45, 7) is 0.792. The van der Waals surface area contributed by atoms with Crippen molar-refractivity contribution in [2.24, 2.45) is 5.92 Å². The van der Waals surface area contributed by atoms with Gasteiger partial charge in [0.1, 0.15) is 0 Å². The number of carbonyl (C=O) groups is 2. The molecule has 2 rings (SSSR count). The van der Waals surface area contributed by atoms with E-state index in [0.29, 0.717) is 6.42 Å². The quantitative estimate of drug-likeness (QED) is 0.581. The van der Waals surface area contributed by atoms with E-state index in [1.165, 1.54) is 7.11 Å². The number of allylic oxidation sites excluding steroid dienone is 2. The second-order valence-electron chi connectivity index (χ2n) is 5.44. The minimum atomic E-state index is -0.215. The lowest BCUT2D eigenvalue weighted by Crippen LogP contribution is -2.47. The lowest BCUT2D eigenvalue weighted by molar-refractivity contribution is -0.146. The summed E-state index contributed by atoms with van der Waals surface area (Å²) >= 11 is 0. The molecule has 1 saturated heterocycles. The lowest BCUT2D eigenvalue weighted by atomic mass is 9.90. The number of piperidine rings is 1. The minimum Gasteiger partial charge on any atom is -0.469 e. The molecule has 0 saturated carbocycles. The molecule has 1 amide bonds. The van der Waals surface area contributed by atoms with E-state index in [0.717, 1.165) is 45.1 Å². The van der Waals surface area contributed by atoms with E-state index >= 15 is 0 Å². The van der Waals surface area contributed by atoms with Crippen LogP contribution in [0.2, 0.25) is 0 Å². The number of amides is 1. The summed E-state index contributed by atoms with van der Waals surface area (Å²) in [6.07, 6.45) is 10.4. The first-order valence-corrected chi connectivity index (χ1v) is 7.24. The summed E-state index contributed by atoms with van der Waals surface area (Å²) in [7, 11) is 1.41. The molecule has 0 spiro atoms. The highest BCUT2D eigenvalue weighted by Crippen LogP contribution is 2.26. The van der Waals surface area contributed by atoms with Crippen LogP contribution in [-0.4, -0.2) is 36.5 Å². The summed E-state index contributed by atoms with van der Waals surface area (Å²) in [4.78, 5) is 26.0. The van der Waals surface area contributed by atoms with Crippen molar-refractivity contribution in [3.8, 4) is 0 Å². The normalized spacial score (nSPS) is 27.1. The second-order valence-corrected chi connectivity index (χ2v) is 5.44. The molecule has 1 fully saturated rings. The Morgan fingerprint density at radius 3 is 2.79 bits per heavy atom. The van der Waals surface area contributed by atoms with Crippen molar-refractivity contribution in [1.29, 1.82) is 0 Å². The van der Waals surface area contributed by atoms with E-state index in [4.69, 9.17) is 4.74 Å². The molecule has 0 radical (unpaired) electrons. The number of likely N-dealkylation sites (tertiary alicyclic amines) is 1. The molecule has 0 aromatic rings. The highest BCUT2D eigenvalue weighted by atomic mass is 16.5. The number of hydrogen-bond donors (Lipinski definition) is 0. The Labute approximate surface area is 114 Å². The molecular formula is C15H23NO3. The standard InChI is InChI=1S/C15H23NO3/c1-19-14(17)11-13-9-5-6-10-16(13)15(18)12-7-3-2-4-8-12/h2-3,12-13H,4-11H2,1H3. The topological polar surface area (TPSA) is 46.6 Å². The van der Waals surface area contributed by atoms with E-state index in [2.05, 4.69) is 12.2 Å². The van der Waals surface area contributed by atoms with Gasteiger partial charge in [-0.15, -0.1) is 0 Å². The van der Waals surface area contributed by atoms with Crippen LogP contribution in [0.1, 0.15) is 44.9 Å². The Morgan fingerprint density at radius 1 is 1.26 bits per heavy atom. The first kappa shape index (κ1) is 14.1. The van der Waals surface area contributed by atoms with Gasteiger partial charge in [0.05, 0.1) is 13.5 Å². The van der Waals surface area contributed by atoms with Crippen molar-refractivity contribution in [2.45, 2.75) is 51.0 Å². The molecule has 0 aromatic heterocycles. The molecule has 1 aliphatic carbocycles. The Kier molecular flexibility index (Phi) is 5.00. The summed E-state index contributed by atoms with van der Waals surface area (Å²) in [5.74, 6) is 0.134. The largest absolute Gasteiger partial charge is 0.469 e. The van der Waals surface area contributed by atoms with Crippen LogP contribution < -0.4 is 0 Å². The third kappa shape index (κ3) is 3.58. The van der Waals surface area contributed by atoms with Crippen molar-refractivity contribution >= 4 is 11.9 Å². The summed E-state index contributed by atoms with van der Waals surface area (Å²) in [5.41, 5.74) is 0. The van der Waals surface area contributed by atoms with Gasteiger partial charge in [0, 0.05) is 18.5 Å². The molecule has 4 heteroatoms. The van der Waals surface area contributed by atoms with Gasteiger partial charge in [0.15, 0.2) is 0 Å². The third-order valence-corrected chi connectivity index (χ3v) is 4.16. The average molecular weight is 265 g/mol. The number of nitrogens with zero attached hydrogens (tertiary/aromatic N) is 1. The van der Waals surface area contributed by atoms with E-state index in [-0.39, 0.29) is 23.8 Å². The van der Waals surface area contributed by atoms with E-state index in [1.54, 1.807) is 0 Å². The number of ether oxygens (including phenoxy) is 1. The predicted octanol–water partition coefficient (Wildman–Crippen LogP) is 2.29. The molecule has 106 valence electrons. The van der Waals surface area contributed by atoms with E-state index < -0.39 is 0 Å². The van der Waals surface area contributed by atoms with Crippen molar-refractivity contribution in [3.05, 3.63) is 12.2 Å². The molecule has 4 nitrogen and oxygen atoms in total. The number of rotatable bonds is 3. The van der Waals surface area contributed by atoms with Crippen LogP contribution in [0.25, 0.3) is 0 Å². The summed E-state index contributed by atoms with van der Waals surface area (Å²) in [6, 6.07) is 0.0413. The van der Waals surface area contributed by atoms with Crippen LogP contribution >= 0.6 is 0 Å². The second kappa shape index (κ2) is 6.73. The highest BCUT2D eigenvalue weighted by Gasteiger charge is 2.32. The Bertz CT molecular complexity index is 364. The first-order valence-electron chi connectivity index (χ1n) is 7.24. The van der Waals surface area contributed by atoms with Crippen LogP contribution in [0.4, 0.5) is 0 Å². The van der Waals surface area contributed by atoms with Crippen LogP contribution in [0.5, 0.6) is 0 Å². The number of esters is 1. The molecule has 1 aliphatic heterocycles. The molecule has 2 aliphatic rings. The molecule has 2 unspecified atom stereocenters. The van der Waals surface area contributed by atoms with Gasteiger partial charge in [-0.3, -0.25) is 9.59 Å².